The lowest BCUT2D eigenvalue weighted by molar-refractivity contribution is -0.120. The molecule has 0 bridgehead atoms. The molecule has 8 nitrogen and oxygen atoms in total. The van der Waals surface area contributed by atoms with Gasteiger partial charge < -0.3 is 5.32 Å². The van der Waals surface area contributed by atoms with Crippen molar-refractivity contribution in [3.05, 3.63) is 62.6 Å². The number of nitrogens with zero attached hydrogens (tertiary/aromatic N) is 4. The van der Waals surface area contributed by atoms with Gasteiger partial charge in [-0.15, -0.1) is 0 Å². The first-order valence-electron chi connectivity index (χ1n) is 11.4. The second-order valence-corrected chi connectivity index (χ2v) is 11.0. The van der Waals surface area contributed by atoms with Crippen molar-refractivity contribution in [2.45, 2.75) is 69.2 Å². The van der Waals surface area contributed by atoms with Crippen molar-refractivity contribution in [3.8, 4) is 0 Å². The van der Waals surface area contributed by atoms with Crippen LogP contribution in [0, 0.1) is 0 Å². The van der Waals surface area contributed by atoms with Gasteiger partial charge in [0.1, 0.15) is 16.2 Å². The summed E-state index contributed by atoms with van der Waals surface area (Å²) in [6.07, 6.45) is 1.69. The highest BCUT2D eigenvalue weighted by Gasteiger charge is 2.26. The lowest BCUT2D eigenvalue weighted by Gasteiger charge is -2.21. The number of hydrogen-bond acceptors (Lipinski definition) is 6. The van der Waals surface area contributed by atoms with Crippen LogP contribution in [0.4, 0.5) is 0 Å². The van der Waals surface area contributed by atoms with E-state index in [0.29, 0.717) is 10.9 Å². The van der Waals surface area contributed by atoms with Crippen molar-refractivity contribution < 1.29 is 4.79 Å². The number of benzene rings is 1. The topological polar surface area (TPSA) is 98.9 Å². The van der Waals surface area contributed by atoms with Crippen LogP contribution in [-0.4, -0.2) is 36.3 Å². The van der Waals surface area contributed by atoms with Gasteiger partial charge in [0.2, 0.25) is 5.91 Å². The van der Waals surface area contributed by atoms with E-state index in [2.05, 4.69) is 27.4 Å². The van der Waals surface area contributed by atoms with Crippen molar-refractivity contribution in [3.63, 3.8) is 0 Å². The number of hydrogen-bond donors (Lipinski definition) is 1. The van der Waals surface area contributed by atoms with Gasteiger partial charge >= 0.3 is 5.69 Å². The molecule has 0 aliphatic heterocycles. The van der Waals surface area contributed by atoms with Gasteiger partial charge in [0.05, 0.1) is 5.25 Å². The van der Waals surface area contributed by atoms with Crippen LogP contribution in [0.1, 0.15) is 52.4 Å². The van der Waals surface area contributed by atoms with E-state index in [1.165, 1.54) is 28.9 Å². The summed E-state index contributed by atoms with van der Waals surface area (Å²) in [6.45, 7) is 9.67. The van der Waals surface area contributed by atoms with Crippen molar-refractivity contribution in [2.75, 3.05) is 0 Å². The summed E-state index contributed by atoms with van der Waals surface area (Å²) in [5.41, 5.74) is 0.182. The maximum absolute atomic E-state index is 13.0. The highest BCUT2D eigenvalue weighted by molar-refractivity contribution is 8.00. The Morgan fingerprint density at radius 3 is 2.32 bits per heavy atom. The number of nitrogens with one attached hydrogen (secondary N) is 1. The molecule has 34 heavy (non-hydrogen) atoms. The molecule has 1 aromatic carbocycles. The van der Waals surface area contributed by atoms with Crippen molar-refractivity contribution in [2.24, 2.45) is 14.1 Å². The summed E-state index contributed by atoms with van der Waals surface area (Å²) >= 11 is 1.21. The zero-order valence-electron chi connectivity index (χ0n) is 20.9. The van der Waals surface area contributed by atoms with Gasteiger partial charge in [-0.05, 0) is 32.3 Å². The Bertz CT molecular complexity index is 1310. The van der Waals surface area contributed by atoms with Crippen molar-refractivity contribution >= 4 is 28.7 Å². The zero-order chi connectivity index (χ0) is 25.2. The van der Waals surface area contributed by atoms with Crippen LogP contribution in [0.25, 0.3) is 11.0 Å². The molecule has 2 aromatic heterocycles. The summed E-state index contributed by atoms with van der Waals surface area (Å²) in [5.74, 6) is 0.380. The number of thioether (sulfide) groups is 1. The fourth-order valence-electron chi connectivity index (χ4n) is 3.53. The number of amides is 1. The molecular weight excluding hydrogens is 450 g/mol. The van der Waals surface area contributed by atoms with Crippen LogP contribution in [0.3, 0.4) is 0 Å². The number of aryl methyl sites for hydroxylation is 2. The summed E-state index contributed by atoms with van der Waals surface area (Å²) in [7, 11) is 3.02. The smallest absolute Gasteiger partial charge is 0.332 e. The number of carbonyl (C=O) groups is 1. The van der Waals surface area contributed by atoms with E-state index in [-0.39, 0.29) is 23.0 Å². The third-order valence-corrected chi connectivity index (χ3v) is 6.78. The molecule has 0 aliphatic rings. The molecule has 0 fully saturated rings. The third kappa shape index (κ3) is 5.58. The molecule has 3 rings (SSSR count). The second kappa shape index (κ2) is 10.1. The number of rotatable bonds is 7. The molecule has 1 N–H and O–H groups in total. The summed E-state index contributed by atoms with van der Waals surface area (Å²) < 4.78 is 2.40. The molecule has 0 radical (unpaired) electrons. The standard InChI is InChI=1S/C25H33N5O3S/c1-15(13-14-17-11-9-8-10-12-17)26-20(31)16(2)34-21-18-19(27-23(28-21)25(3,4)5)29(6)24(33)30(7)22(18)32/h8-12,15-16H,13-14H2,1-7H3,(H,26,31). The largest absolute Gasteiger partial charge is 0.353 e. The van der Waals surface area contributed by atoms with E-state index >= 15 is 0 Å². The predicted octanol–water partition coefficient (Wildman–Crippen LogP) is 2.94. The fourth-order valence-corrected chi connectivity index (χ4v) is 4.48. The SMILES string of the molecule is CC(CCc1ccccc1)NC(=O)C(C)Sc1nc(C(C)(C)C)nc2c1c(=O)n(C)c(=O)n2C. The van der Waals surface area contributed by atoms with Gasteiger partial charge in [0.15, 0.2) is 5.65 Å². The van der Waals surface area contributed by atoms with E-state index in [9.17, 15) is 14.4 Å². The number of fused-ring (bicyclic) bond motifs is 1. The fraction of sp³-hybridized carbons (Fsp3) is 0.480. The first-order valence-corrected chi connectivity index (χ1v) is 12.3. The first kappa shape index (κ1) is 25.7. The molecule has 2 unspecified atom stereocenters. The van der Waals surface area contributed by atoms with E-state index in [1.807, 2.05) is 45.9 Å². The molecule has 182 valence electrons. The average molecular weight is 484 g/mol. The van der Waals surface area contributed by atoms with Gasteiger partial charge in [-0.25, -0.2) is 14.8 Å². The summed E-state index contributed by atoms with van der Waals surface area (Å²) in [5, 5.41) is 3.23. The Kier molecular flexibility index (Phi) is 7.65. The minimum atomic E-state index is -0.493. The Labute approximate surface area is 203 Å². The summed E-state index contributed by atoms with van der Waals surface area (Å²) in [4.78, 5) is 47.6. The quantitative estimate of drug-likeness (QED) is 0.410. The van der Waals surface area contributed by atoms with E-state index < -0.39 is 21.9 Å². The molecule has 3 aromatic rings. The normalized spacial score (nSPS) is 13.6. The van der Waals surface area contributed by atoms with Crippen LogP contribution in [0.2, 0.25) is 0 Å². The van der Waals surface area contributed by atoms with Gasteiger partial charge in [-0.2, -0.15) is 0 Å². The predicted molar refractivity (Wildman–Crippen MR) is 136 cm³/mol. The maximum Gasteiger partial charge on any atom is 0.332 e. The van der Waals surface area contributed by atoms with Gasteiger partial charge in [-0.3, -0.25) is 18.7 Å². The molecule has 2 heterocycles. The lowest BCUT2D eigenvalue weighted by Crippen LogP contribution is -2.39. The molecule has 9 heteroatoms. The second-order valence-electron chi connectivity index (χ2n) is 9.70. The first-order chi connectivity index (χ1) is 15.9. The minimum absolute atomic E-state index is 0.00303. The molecular formula is C25H33N5O3S. The molecule has 0 spiro atoms. The van der Waals surface area contributed by atoms with Crippen molar-refractivity contribution in [1.29, 1.82) is 0 Å². The number of aromatic nitrogens is 4. The van der Waals surface area contributed by atoms with Gasteiger partial charge in [0, 0.05) is 25.6 Å². The van der Waals surface area contributed by atoms with Crippen molar-refractivity contribution in [1.82, 2.24) is 24.4 Å². The maximum atomic E-state index is 13.0. The Morgan fingerprint density at radius 2 is 1.71 bits per heavy atom. The monoisotopic (exact) mass is 483 g/mol. The summed E-state index contributed by atoms with van der Waals surface area (Å²) in [6, 6.07) is 10.2. The van der Waals surface area contributed by atoms with E-state index in [4.69, 9.17) is 0 Å². The van der Waals surface area contributed by atoms with Crippen LogP contribution >= 0.6 is 11.8 Å². The average Bonchev–Trinajstić information content (AvgIpc) is 2.79. The Balaban J connectivity index is 1.87. The highest BCUT2D eigenvalue weighted by atomic mass is 32.2. The van der Waals surface area contributed by atoms with E-state index in [1.54, 1.807) is 14.0 Å². The van der Waals surface area contributed by atoms with Crippen LogP contribution in [0.5, 0.6) is 0 Å². The minimum Gasteiger partial charge on any atom is -0.353 e. The number of carbonyl (C=O) groups excluding carboxylic acids is 1. The molecule has 0 saturated carbocycles. The van der Waals surface area contributed by atoms with E-state index in [0.717, 1.165) is 17.4 Å². The van der Waals surface area contributed by atoms with Crippen LogP contribution in [0.15, 0.2) is 44.9 Å². The molecule has 0 aliphatic carbocycles. The van der Waals surface area contributed by atoms with Crippen LogP contribution in [-0.2, 0) is 30.7 Å². The Hall–Kier alpha value is -2.94. The lowest BCUT2D eigenvalue weighted by atomic mass is 9.96. The third-order valence-electron chi connectivity index (χ3n) is 5.69. The molecule has 2 atom stereocenters. The van der Waals surface area contributed by atoms with Crippen LogP contribution < -0.4 is 16.6 Å². The highest BCUT2D eigenvalue weighted by Crippen LogP contribution is 2.29. The molecule has 1 amide bonds. The van der Waals surface area contributed by atoms with Gasteiger partial charge in [-0.1, -0.05) is 62.9 Å². The Morgan fingerprint density at radius 1 is 1.06 bits per heavy atom. The molecule has 0 saturated heterocycles. The zero-order valence-corrected chi connectivity index (χ0v) is 21.7. The van der Waals surface area contributed by atoms with Gasteiger partial charge in [0.25, 0.3) is 5.56 Å².